The Morgan fingerprint density at radius 1 is 0.857 bits per heavy atom. The van der Waals surface area contributed by atoms with Gasteiger partial charge in [0.1, 0.15) is 11.3 Å². The van der Waals surface area contributed by atoms with Crippen molar-refractivity contribution in [2.45, 2.75) is 6.18 Å². The minimum atomic E-state index is -4.46. The zero-order chi connectivity index (χ0) is 24.7. The number of rotatable bonds is 4. The number of hydrogen-bond donors (Lipinski definition) is 1. The molecular formula is C27H18ClF3N2O2. The lowest BCUT2D eigenvalue weighted by atomic mass is 9.97. The highest BCUT2D eigenvalue weighted by Gasteiger charge is 2.31. The topological polar surface area (TPSA) is 61.3 Å². The summed E-state index contributed by atoms with van der Waals surface area (Å²) in [6, 6.07) is 21.6. The maximum atomic E-state index is 13.1. The molecule has 0 saturated carbocycles. The zero-order valence-corrected chi connectivity index (χ0v) is 19.1. The quantitative estimate of drug-likeness (QED) is 0.256. The van der Waals surface area contributed by atoms with Gasteiger partial charge >= 0.3 is 6.18 Å². The molecule has 0 bridgehead atoms. The van der Waals surface area contributed by atoms with E-state index in [1.807, 2.05) is 42.5 Å². The molecule has 0 aliphatic heterocycles. The van der Waals surface area contributed by atoms with Gasteiger partial charge in [-0.25, -0.2) is 4.98 Å². The first kappa shape index (κ1) is 22.8. The van der Waals surface area contributed by atoms with Crippen molar-refractivity contribution >= 4 is 28.4 Å². The van der Waals surface area contributed by atoms with Gasteiger partial charge in [-0.1, -0.05) is 35.9 Å². The van der Waals surface area contributed by atoms with E-state index in [0.717, 1.165) is 34.4 Å². The summed E-state index contributed by atoms with van der Waals surface area (Å²) in [5.74, 6) is 0.864. The van der Waals surface area contributed by atoms with E-state index in [2.05, 4.69) is 4.98 Å². The standard InChI is InChI=1S/C27H18ClF3N2O2/c1-34-24-9-5-16(20-8-7-19(32)14-22(20)28)12-21(24)15-3-2-4-17(11-15)26-33-23-13-18(27(29,30)31)6-10-25(23)35-26/h2-14H,32H2,1H3. The summed E-state index contributed by atoms with van der Waals surface area (Å²) in [6.07, 6.45) is -4.46. The average molecular weight is 495 g/mol. The molecule has 0 radical (unpaired) electrons. The number of nitrogens with two attached hydrogens (primary N) is 1. The summed E-state index contributed by atoms with van der Waals surface area (Å²) in [4.78, 5) is 4.29. The normalized spacial score (nSPS) is 11.7. The number of benzene rings is 4. The summed E-state index contributed by atoms with van der Waals surface area (Å²) in [5.41, 5.74) is 9.95. The SMILES string of the molecule is COc1ccc(-c2ccc(N)cc2Cl)cc1-c1cccc(-c2nc3cc(C(F)(F)F)ccc3o2)c1. The number of anilines is 1. The highest BCUT2D eigenvalue weighted by Crippen LogP contribution is 2.39. The number of fused-ring (bicyclic) bond motifs is 1. The Morgan fingerprint density at radius 2 is 1.63 bits per heavy atom. The predicted molar refractivity (Wildman–Crippen MR) is 131 cm³/mol. The number of alkyl halides is 3. The Kier molecular flexibility index (Phi) is 5.65. The summed E-state index contributed by atoms with van der Waals surface area (Å²) < 4.78 is 50.5. The monoisotopic (exact) mass is 494 g/mol. The minimum Gasteiger partial charge on any atom is -0.496 e. The van der Waals surface area contributed by atoms with Gasteiger partial charge in [-0.15, -0.1) is 0 Å². The third-order valence-electron chi connectivity index (χ3n) is 5.64. The minimum absolute atomic E-state index is 0.137. The molecule has 1 heterocycles. The highest BCUT2D eigenvalue weighted by atomic mass is 35.5. The van der Waals surface area contributed by atoms with Crippen molar-refractivity contribution in [1.29, 1.82) is 0 Å². The molecule has 35 heavy (non-hydrogen) atoms. The van der Waals surface area contributed by atoms with Crippen molar-refractivity contribution < 1.29 is 22.3 Å². The molecular weight excluding hydrogens is 477 g/mol. The van der Waals surface area contributed by atoms with Gasteiger partial charge in [0.05, 0.1) is 17.7 Å². The third-order valence-corrected chi connectivity index (χ3v) is 5.95. The second-order valence-corrected chi connectivity index (χ2v) is 8.34. The van der Waals surface area contributed by atoms with Gasteiger partial charge in [0.25, 0.3) is 0 Å². The van der Waals surface area contributed by atoms with E-state index < -0.39 is 11.7 Å². The van der Waals surface area contributed by atoms with Crippen molar-refractivity contribution in [1.82, 2.24) is 4.98 Å². The summed E-state index contributed by atoms with van der Waals surface area (Å²) in [5, 5.41) is 0.527. The summed E-state index contributed by atoms with van der Waals surface area (Å²) in [7, 11) is 1.58. The van der Waals surface area contributed by atoms with Crippen LogP contribution in [-0.2, 0) is 6.18 Å². The van der Waals surface area contributed by atoms with E-state index in [4.69, 9.17) is 26.5 Å². The van der Waals surface area contributed by atoms with E-state index >= 15 is 0 Å². The van der Waals surface area contributed by atoms with E-state index in [-0.39, 0.29) is 17.0 Å². The number of ether oxygens (including phenoxy) is 1. The zero-order valence-electron chi connectivity index (χ0n) is 18.4. The van der Waals surface area contributed by atoms with Crippen LogP contribution < -0.4 is 10.5 Å². The maximum absolute atomic E-state index is 13.1. The molecule has 5 aromatic rings. The molecule has 0 saturated heterocycles. The van der Waals surface area contributed by atoms with Crippen LogP contribution in [0.1, 0.15) is 5.56 Å². The highest BCUT2D eigenvalue weighted by molar-refractivity contribution is 6.33. The second-order valence-electron chi connectivity index (χ2n) is 7.93. The molecule has 0 aliphatic rings. The number of aromatic nitrogens is 1. The fourth-order valence-corrected chi connectivity index (χ4v) is 4.21. The van der Waals surface area contributed by atoms with Gasteiger partial charge in [-0.05, 0) is 65.7 Å². The van der Waals surface area contributed by atoms with Gasteiger partial charge < -0.3 is 14.9 Å². The largest absolute Gasteiger partial charge is 0.496 e. The molecule has 2 N–H and O–H groups in total. The van der Waals surface area contributed by atoms with Crippen LogP contribution in [0.3, 0.4) is 0 Å². The lowest BCUT2D eigenvalue weighted by Gasteiger charge is -2.13. The number of halogens is 4. The van der Waals surface area contributed by atoms with Crippen LogP contribution in [0.5, 0.6) is 5.75 Å². The third kappa shape index (κ3) is 4.42. The van der Waals surface area contributed by atoms with Crippen LogP contribution >= 0.6 is 11.6 Å². The van der Waals surface area contributed by atoms with E-state index in [9.17, 15) is 13.2 Å². The molecule has 4 aromatic carbocycles. The number of nitrogens with zero attached hydrogens (tertiary/aromatic N) is 1. The molecule has 4 nitrogen and oxygen atoms in total. The van der Waals surface area contributed by atoms with Crippen LogP contribution in [0.15, 0.2) is 83.3 Å². The summed E-state index contributed by atoms with van der Waals surface area (Å²) in [6.45, 7) is 0. The first-order chi connectivity index (χ1) is 16.7. The van der Waals surface area contributed by atoms with Gasteiger partial charge in [0.15, 0.2) is 5.58 Å². The maximum Gasteiger partial charge on any atom is 0.416 e. The fourth-order valence-electron chi connectivity index (χ4n) is 3.91. The Hall–Kier alpha value is -3.97. The molecule has 0 atom stereocenters. The van der Waals surface area contributed by atoms with Gasteiger partial charge in [-0.3, -0.25) is 0 Å². The number of methoxy groups -OCH3 is 1. The predicted octanol–water partition coefficient (Wildman–Crippen LogP) is 8.09. The molecule has 0 aliphatic carbocycles. The van der Waals surface area contributed by atoms with Crippen molar-refractivity contribution in [3.05, 3.63) is 89.4 Å². The van der Waals surface area contributed by atoms with Gasteiger partial charge in [0.2, 0.25) is 5.89 Å². The first-order valence-electron chi connectivity index (χ1n) is 10.5. The molecule has 0 unspecified atom stereocenters. The van der Waals surface area contributed by atoms with Crippen LogP contribution in [0.4, 0.5) is 18.9 Å². The molecule has 8 heteroatoms. The lowest BCUT2D eigenvalue weighted by Crippen LogP contribution is -2.03. The van der Waals surface area contributed by atoms with Crippen LogP contribution in [0, 0.1) is 0 Å². The van der Waals surface area contributed by atoms with E-state index in [0.29, 0.717) is 22.0 Å². The summed E-state index contributed by atoms with van der Waals surface area (Å²) >= 11 is 6.42. The molecule has 1 aromatic heterocycles. The van der Waals surface area contributed by atoms with Gasteiger partial charge in [0, 0.05) is 22.4 Å². The van der Waals surface area contributed by atoms with Crippen molar-refractivity contribution in [3.63, 3.8) is 0 Å². The van der Waals surface area contributed by atoms with Crippen LogP contribution in [-0.4, -0.2) is 12.1 Å². The van der Waals surface area contributed by atoms with Crippen LogP contribution in [0.2, 0.25) is 5.02 Å². The fraction of sp³-hybridized carbons (Fsp3) is 0.0741. The Morgan fingerprint density at radius 3 is 2.37 bits per heavy atom. The Labute approximate surface area is 203 Å². The number of nitrogen functional groups attached to an aromatic ring is 1. The molecule has 176 valence electrons. The smallest absolute Gasteiger partial charge is 0.416 e. The average Bonchev–Trinajstić information content (AvgIpc) is 3.27. The number of hydrogen-bond acceptors (Lipinski definition) is 4. The molecule has 0 spiro atoms. The Bertz CT molecular complexity index is 1560. The van der Waals surface area contributed by atoms with Crippen molar-refractivity contribution in [3.8, 4) is 39.5 Å². The van der Waals surface area contributed by atoms with Crippen LogP contribution in [0.25, 0.3) is 44.8 Å². The van der Waals surface area contributed by atoms with E-state index in [1.165, 1.54) is 6.07 Å². The Balaban J connectivity index is 1.58. The van der Waals surface area contributed by atoms with Gasteiger partial charge in [-0.2, -0.15) is 13.2 Å². The lowest BCUT2D eigenvalue weighted by molar-refractivity contribution is -0.137. The molecule has 0 fully saturated rings. The first-order valence-corrected chi connectivity index (χ1v) is 10.9. The molecule has 0 amide bonds. The molecule has 5 rings (SSSR count). The van der Waals surface area contributed by atoms with Crippen molar-refractivity contribution in [2.24, 2.45) is 0 Å². The van der Waals surface area contributed by atoms with Crippen molar-refractivity contribution in [2.75, 3.05) is 12.8 Å². The van der Waals surface area contributed by atoms with E-state index in [1.54, 1.807) is 25.3 Å². The second kappa shape index (κ2) is 8.67. The number of oxazole rings is 1.